The maximum absolute atomic E-state index is 9.52. The highest BCUT2D eigenvalue weighted by atomic mass is 16.3. The lowest BCUT2D eigenvalue weighted by atomic mass is 9.87. The highest BCUT2D eigenvalue weighted by Crippen LogP contribution is 2.24. The number of nitrogens with one attached hydrogen (secondary N) is 1. The molecular weight excluding hydrogens is 190 g/mol. The van der Waals surface area contributed by atoms with E-state index in [1.54, 1.807) is 18.5 Å². The van der Waals surface area contributed by atoms with E-state index in [1.165, 1.54) is 6.42 Å². The maximum Gasteiger partial charge on any atom is 0.222 e. The lowest BCUT2D eigenvalue weighted by Gasteiger charge is -2.25. The van der Waals surface area contributed by atoms with Crippen LogP contribution >= 0.6 is 0 Å². The van der Waals surface area contributed by atoms with Crippen LogP contribution < -0.4 is 5.32 Å². The summed E-state index contributed by atoms with van der Waals surface area (Å²) in [6, 6.07) is 1.80. The average molecular weight is 207 g/mol. The van der Waals surface area contributed by atoms with Gasteiger partial charge in [0.15, 0.2) is 0 Å². The van der Waals surface area contributed by atoms with Crippen LogP contribution in [0.3, 0.4) is 0 Å². The van der Waals surface area contributed by atoms with E-state index >= 15 is 0 Å². The Labute approximate surface area is 89.8 Å². The van der Waals surface area contributed by atoms with Gasteiger partial charge in [0.05, 0.1) is 6.10 Å². The number of rotatable bonds is 3. The molecule has 0 aliphatic heterocycles. The van der Waals surface area contributed by atoms with Crippen LogP contribution in [-0.2, 0) is 0 Å². The molecule has 2 rings (SSSR count). The number of nitrogens with zero attached hydrogens (tertiary/aromatic N) is 2. The zero-order valence-corrected chi connectivity index (χ0v) is 8.76. The molecule has 0 amide bonds. The molecule has 1 fully saturated rings. The second kappa shape index (κ2) is 5.07. The van der Waals surface area contributed by atoms with Crippen LogP contribution in [0.15, 0.2) is 18.5 Å². The zero-order valence-electron chi connectivity index (χ0n) is 8.76. The zero-order chi connectivity index (χ0) is 10.5. The van der Waals surface area contributed by atoms with Gasteiger partial charge in [-0.2, -0.15) is 0 Å². The number of anilines is 1. The molecule has 0 aromatic carbocycles. The molecule has 4 nitrogen and oxygen atoms in total. The van der Waals surface area contributed by atoms with Crippen molar-refractivity contribution in [1.82, 2.24) is 9.97 Å². The second-order valence-electron chi connectivity index (χ2n) is 4.14. The van der Waals surface area contributed by atoms with Crippen LogP contribution in [0.5, 0.6) is 0 Å². The smallest absolute Gasteiger partial charge is 0.222 e. The van der Waals surface area contributed by atoms with Crippen molar-refractivity contribution in [3.63, 3.8) is 0 Å². The summed E-state index contributed by atoms with van der Waals surface area (Å²) in [5.74, 6) is 1.23. The van der Waals surface area contributed by atoms with Crippen molar-refractivity contribution in [2.75, 3.05) is 11.9 Å². The Morgan fingerprint density at radius 1 is 1.33 bits per heavy atom. The number of hydrogen-bond acceptors (Lipinski definition) is 4. The van der Waals surface area contributed by atoms with Crippen LogP contribution in [0.2, 0.25) is 0 Å². The molecule has 15 heavy (non-hydrogen) atoms. The molecule has 2 N–H and O–H groups in total. The number of aliphatic hydroxyl groups is 1. The SMILES string of the molecule is OC1CCCC(CNc2ncccn2)C1. The lowest BCUT2D eigenvalue weighted by molar-refractivity contribution is 0.104. The molecule has 1 aromatic heterocycles. The van der Waals surface area contributed by atoms with Crippen molar-refractivity contribution in [2.24, 2.45) is 5.92 Å². The van der Waals surface area contributed by atoms with E-state index < -0.39 is 0 Å². The van der Waals surface area contributed by atoms with Gasteiger partial charge in [0.2, 0.25) is 5.95 Å². The van der Waals surface area contributed by atoms with Crippen molar-refractivity contribution in [1.29, 1.82) is 0 Å². The van der Waals surface area contributed by atoms with Gasteiger partial charge in [-0.3, -0.25) is 0 Å². The third-order valence-corrected chi connectivity index (χ3v) is 2.87. The van der Waals surface area contributed by atoms with E-state index in [1.807, 2.05) is 0 Å². The summed E-state index contributed by atoms with van der Waals surface area (Å²) in [5, 5.41) is 12.7. The van der Waals surface area contributed by atoms with E-state index in [4.69, 9.17) is 0 Å². The summed E-state index contributed by atoms with van der Waals surface area (Å²) >= 11 is 0. The minimum atomic E-state index is -0.109. The fraction of sp³-hybridized carbons (Fsp3) is 0.636. The summed E-state index contributed by atoms with van der Waals surface area (Å²) in [6.07, 6.45) is 7.52. The van der Waals surface area contributed by atoms with Gasteiger partial charge in [0, 0.05) is 18.9 Å². The lowest BCUT2D eigenvalue weighted by Crippen LogP contribution is -2.25. The summed E-state index contributed by atoms with van der Waals surface area (Å²) in [6.45, 7) is 0.862. The Morgan fingerprint density at radius 2 is 2.13 bits per heavy atom. The Morgan fingerprint density at radius 3 is 2.87 bits per heavy atom. The van der Waals surface area contributed by atoms with E-state index in [2.05, 4.69) is 15.3 Å². The predicted molar refractivity (Wildman–Crippen MR) is 58.5 cm³/mol. The first-order valence-electron chi connectivity index (χ1n) is 5.53. The van der Waals surface area contributed by atoms with Gasteiger partial charge < -0.3 is 10.4 Å². The summed E-state index contributed by atoms with van der Waals surface area (Å²) in [5.41, 5.74) is 0. The van der Waals surface area contributed by atoms with E-state index in [0.29, 0.717) is 11.9 Å². The molecule has 2 unspecified atom stereocenters. The molecule has 1 aliphatic carbocycles. The van der Waals surface area contributed by atoms with Gasteiger partial charge in [-0.15, -0.1) is 0 Å². The molecule has 0 radical (unpaired) electrons. The quantitative estimate of drug-likeness (QED) is 0.787. The highest BCUT2D eigenvalue weighted by Gasteiger charge is 2.19. The summed E-state index contributed by atoms with van der Waals surface area (Å²) in [4.78, 5) is 8.19. The third kappa shape index (κ3) is 3.16. The van der Waals surface area contributed by atoms with Crippen molar-refractivity contribution < 1.29 is 5.11 Å². The Hall–Kier alpha value is -1.16. The van der Waals surface area contributed by atoms with Gasteiger partial charge in [-0.25, -0.2) is 9.97 Å². The van der Waals surface area contributed by atoms with Crippen LogP contribution in [0.25, 0.3) is 0 Å². The van der Waals surface area contributed by atoms with E-state index in [-0.39, 0.29) is 6.10 Å². The molecule has 82 valence electrons. The van der Waals surface area contributed by atoms with Crippen molar-refractivity contribution in [3.8, 4) is 0 Å². The fourth-order valence-electron chi connectivity index (χ4n) is 2.07. The topological polar surface area (TPSA) is 58.0 Å². The Kier molecular flexibility index (Phi) is 3.50. The van der Waals surface area contributed by atoms with Crippen LogP contribution in [-0.4, -0.2) is 27.7 Å². The Balaban J connectivity index is 1.78. The molecule has 0 saturated heterocycles. The maximum atomic E-state index is 9.52. The number of aliphatic hydroxyl groups excluding tert-OH is 1. The minimum Gasteiger partial charge on any atom is -0.393 e. The number of hydrogen-bond donors (Lipinski definition) is 2. The number of aromatic nitrogens is 2. The van der Waals surface area contributed by atoms with Crippen LogP contribution in [0.1, 0.15) is 25.7 Å². The molecule has 1 heterocycles. The summed E-state index contributed by atoms with van der Waals surface area (Å²) < 4.78 is 0. The first-order chi connectivity index (χ1) is 7.34. The van der Waals surface area contributed by atoms with Gasteiger partial charge in [-0.1, -0.05) is 6.42 Å². The third-order valence-electron chi connectivity index (χ3n) is 2.87. The van der Waals surface area contributed by atoms with Crippen LogP contribution in [0, 0.1) is 5.92 Å². The Bertz CT molecular complexity index is 291. The monoisotopic (exact) mass is 207 g/mol. The van der Waals surface area contributed by atoms with E-state index in [0.717, 1.165) is 25.8 Å². The van der Waals surface area contributed by atoms with Crippen LogP contribution in [0.4, 0.5) is 5.95 Å². The fourth-order valence-corrected chi connectivity index (χ4v) is 2.07. The average Bonchev–Trinajstić information content (AvgIpc) is 2.28. The molecular formula is C11H17N3O. The van der Waals surface area contributed by atoms with Gasteiger partial charge in [0.25, 0.3) is 0 Å². The molecule has 1 aliphatic rings. The first-order valence-corrected chi connectivity index (χ1v) is 5.53. The molecule has 4 heteroatoms. The first kappa shape index (κ1) is 10.4. The van der Waals surface area contributed by atoms with E-state index in [9.17, 15) is 5.11 Å². The predicted octanol–water partition coefficient (Wildman–Crippen LogP) is 1.44. The molecule has 1 saturated carbocycles. The van der Waals surface area contributed by atoms with Crippen molar-refractivity contribution in [3.05, 3.63) is 18.5 Å². The molecule has 0 bridgehead atoms. The van der Waals surface area contributed by atoms with Gasteiger partial charge in [-0.05, 0) is 31.2 Å². The largest absolute Gasteiger partial charge is 0.393 e. The molecule has 1 aromatic rings. The standard InChI is InChI=1S/C11H17N3O/c15-10-4-1-3-9(7-10)8-14-11-12-5-2-6-13-11/h2,5-6,9-10,15H,1,3-4,7-8H2,(H,12,13,14). The molecule has 0 spiro atoms. The summed E-state index contributed by atoms with van der Waals surface area (Å²) in [7, 11) is 0. The molecule has 2 atom stereocenters. The second-order valence-corrected chi connectivity index (χ2v) is 4.14. The van der Waals surface area contributed by atoms with Gasteiger partial charge in [0.1, 0.15) is 0 Å². The highest BCUT2D eigenvalue weighted by molar-refractivity contribution is 5.21. The van der Waals surface area contributed by atoms with Crippen molar-refractivity contribution >= 4 is 5.95 Å². The normalized spacial score (nSPS) is 26.2. The van der Waals surface area contributed by atoms with Gasteiger partial charge >= 0.3 is 0 Å². The van der Waals surface area contributed by atoms with Crippen molar-refractivity contribution in [2.45, 2.75) is 31.8 Å². The minimum absolute atomic E-state index is 0.109.